The Morgan fingerprint density at radius 3 is 2.66 bits per heavy atom. The van der Waals surface area contributed by atoms with Crippen LogP contribution < -0.4 is 10.6 Å². The maximum atomic E-state index is 13.0. The summed E-state index contributed by atoms with van der Waals surface area (Å²) in [7, 11) is 2.02. The Morgan fingerprint density at radius 2 is 2.07 bits per heavy atom. The van der Waals surface area contributed by atoms with Crippen molar-refractivity contribution in [2.45, 2.75) is 12.8 Å². The van der Waals surface area contributed by atoms with Crippen molar-refractivity contribution in [2.24, 2.45) is 5.92 Å². The van der Waals surface area contributed by atoms with E-state index >= 15 is 0 Å². The summed E-state index contributed by atoms with van der Waals surface area (Å²) < 4.78 is 19.2. The first kappa shape index (κ1) is 21.4. The van der Waals surface area contributed by atoms with Crippen molar-refractivity contribution in [1.82, 2.24) is 9.88 Å². The Kier molecular flexibility index (Phi) is 8.11. The molecule has 29 heavy (non-hydrogen) atoms. The van der Waals surface area contributed by atoms with Crippen molar-refractivity contribution in [2.75, 3.05) is 35.7 Å². The minimum absolute atomic E-state index is 0.0773. The van der Waals surface area contributed by atoms with Gasteiger partial charge in [0.2, 0.25) is 5.91 Å². The van der Waals surface area contributed by atoms with Gasteiger partial charge in [-0.25, -0.2) is 9.37 Å². The van der Waals surface area contributed by atoms with Crippen LogP contribution in [0.4, 0.5) is 27.3 Å². The number of anilines is 3. The zero-order chi connectivity index (χ0) is 22.1. The molecule has 1 saturated heterocycles. The summed E-state index contributed by atoms with van der Waals surface area (Å²) >= 11 is 1.96. The van der Waals surface area contributed by atoms with Crippen LogP contribution >= 0.6 is 22.6 Å². The number of nitro groups is 1. The molecule has 8 nitrogen and oxygen atoms in total. The molecule has 0 unspecified atom stereocenters. The number of nitrogens with zero attached hydrogens (tertiary/aromatic N) is 3. The Labute approximate surface area is 183 Å². The topological polar surface area (TPSA) is 100 Å². The van der Waals surface area contributed by atoms with Gasteiger partial charge < -0.3 is 15.5 Å². The maximum Gasteiger partial charge on any atom is 0.292 e. The number of likely N-dealkylation sites (tertiary alicyclic amines) is 1. The number of hydrogen-bond donors (Lipinski definition) is 2. The molecule has 0 aliphatic carbocycles. The van der Waals surface area contributed by atoms with E-state index in [4.69, 9.17) is 1.37 Å². The highest BCUT2D eigenvalue weighted by molar-refractivity contribution is 14.1. The predicted octanol–water partition coefficient (Wildman–Crippen LogP) is 4.20. The van der Waals surface area contributed by atoms with Crippen LogP contribution in [0.25, 0.3) is 0 Å². The molecule has 1 aliphatic heterocycles. The number of nitro benzene ring substituents is 1. The number of benzene rings is 1. The van der Waals surface area contributed by atoms with Crippen molar-refractivity contribution in [3.8, 4) is 0 Å². The standard InChI is InChI=1S/C18H20FN5O3.CH3I/c1-23-8-6-12(7-9-23)18(25)21-14-3-4-16(24(26)27)15(10-14)22-17-5-2-13(19)11-20-17;1-2/h2-5,10-12H,6-9H2,1H3,(H,20,22)(H,21,25);1H3/i;1D. The van der Waals surface area contributed by atoms with E-state index < -0.39 is 10.7 Å². The maximum absolute atomic E-state index is 13.0. The molecule has 1 amide bonds. The molecular formula is C19H23FIN5O3. The first-order chi connectivity index (χ1) is 14.3. The highest BCUT2D eigenvalue weighted by atomic mass is 127. The molecule has 0 atom stereocenters. The summed E-state index contributed by atoms with van der Waals surface area (Å²) in [5.74, 6) is -0.415. The molecule has 0 spiro atoms. The Bertz CT molecular complexity index is 864. The Hall–Kier alpha value is -2.34. The lowest BCUT2D eigenvalue weighted by Crippen LogP contribution is -2.35. The van der Waals surface area contributed by atoms with E-state index in [1.165, 1.54) is 30.3 Å². The molecule has 0 saturated carbocycles. The van der Waals surface area contributed by atoms with Crippen LogP contribution in [0.3, 0.4) is 0 Å². The molecule has 10 heteroatoms. The number of halogens is 2. The van der Waals surface area contributed by atoms with Crippen molar-refractivity contribution in [3.63, 3.8) is 0 Å². The molecule has 1 aliphatic rings. The molecule has 1 aromatic carbocycles. The lowest BCUT2D eigenvalue weighted by atomic mass is 9.96. The zero-order valence-electron chi connectivity index (χ0n) is 16.9. The van der Waals surface area contributed by atoms with E-state index in [1.807, 2.05) is 29.6 Å². The fourth-order valence-electron chi connectivity index (χ4n) is 2.98. The third kappa shape index (κ3) is 6.60. The van der Waals surface area contributed by atoms with Gasteiger partial charge in [0.15, 0.2) is 0 Å². The van der Waals surface area contributed by atoms with Crippen molar-refractivity contribution < 1.29 is 15.5 Å². The number of carbonyl (C=O) groups excluding carboxylic acids is 1. The van der Waals surface area contributed by atoms with Gasteiger partial charge in [-0.3, -0.25) is 14.9 Å². The predicted molar refractivity (Wildman–Crippen MR) is 119 cm³/mol. The molecule has 1 aromatic heterocycles. The number of rotatable bonds is 5. The highest BCUT2D eigenvalue weighted by Crippen LogP contribution is 2.30. The molecule has 0 radical (unpaired) electrons. The summed E-state index contributed by atoms with van der Waals surface area (Å²) in [5.41, 5.74) is 0.452. The Balaban J connectivity index is 0.00000101. The SMILES string of the molecule is CN1CCC(C(=O)Nc2ccc([N+](=O)[O-])c(Nc3ccc(F)cn3)c2)CC1.[2H]CI. The molecule has 1 fully saturated rings. The summed E-state index contributed by atoms with van der Waals surface area (Å²) in [6, 6.07) is 6.87. The fourth-order valence-corrected chi connectivity index (χ4v) is 2.98. The molecule has 2 N–H and O–H groups in total. The molecule has 156 valence electrons. The lowest BCUT2D eigenvalue weighted by molar-refractivity contribution is -0.383. The van der Waals surface area contributed by atoms with E-state index in [1.54, 1.807) is 0 Å². The van der Waals surface area contributed by atoms with Gasteiger partial charge in [0.05, 0.1) is 11.1 Å². The van der Waals surface area contributed by atoms with Gasteiger partial charge in [0.1, 0.15) is 17.3 Å². The van der Waals surface area contributed by atoms with E-state index in [2.05, 4.69) is 20.5 Å². The summed E-state index contributed by atoms with van der Waals surface area (Å²) in [6.07, 6.45) is 2.57. The van der Waals surface area contributed by atoms with Gasteiger partial charge in [0.25, 0.3) is 5.69 Å². The summed E-state index contributed by atoms with van der Waals surface area (Å²) in [5, 5.41) is 16.9. The van der Waals surface area contributed by atoms with E-state index in [-0.39, 0.29) is 29.0 Å². The largest absolute Gasteiger partial charge is 0.335 e. The van der Waals surface area contributed by atoms with Gasteiger partial charge >= 0.3 is 0 Å². The number of alkyl halides is 1. The second-order valence-corrected chi connectivity index (χ2v) is 6.54. The van der Waals surface area contributed by atoms with E-state index in [0.29, 0.717) is 10.6 Å². The molecule has 2 aromatic rings. The van der Waals surface area contributed by atoms with Crippen LogP contribution in [0.15, 0.2) is 36.5 Å². The monoisotopic (exact) mass is 516 g/mol. The van der Waals surface area contributed by atoms with Gasteiger partial charge in [-0.15, -0.1) is 0 Å². The zero-order valence-corrected chi connectivity index (χ0v) is 18.1. The first-order valence-corrected chi connectivity index (χ1v) is 10.4. The number of nitrogens with one attached hydrogen (secondary N) is 2. The van der Waals surface area contributed by atoms with E-state index in [0.717, 1.165) is 32.1 Å². The average Bonchev–Trinajstić information content (AvgIpc) is 2.71. The quantitative estimate of drug-likeness (QED) is 0.268. The van der Waals surface area contributed by atoms with Crippen LogP contribution in [0, 0.1) is 21.8 Å². The fraction of sp³-hybridized carbons (Fsp3) is 0.368. The molecule has 3 rings (SSSR count). The summed E-state index contributed by atoms with van der Waals surface area (Å²) in [4.78, 5) is 29.7. The first-order valence-electron chi connectivity index (χ1n) is 9.56. The van der Waals surface area contributed by atoms with Crippen molar-refractivity contribution in [3.05, 3.63) is 52.5 Å². The smallest absolute Gasteiger partial charge is 0.292 e. The van der Waals surface area contributed by atoms with Crippen LogP contribution in [0.2, 0.25) is 0 Å². The molecular weight excluding hydrogens is 492 g/mol. The van der Waals surface area contributed by atoms with Gasteiger partial charge in [-0.05, 0) is 62.2 Å². The minimum atomic E-state index is -0.533. The second-order valence-electron chi connectivity index (χ2n) is 6.54. The molecule has 2 heterocycles. The van der Waals surface area contributed by atoms with Crippen LogP contribution in [-0.4, -0.2) is 45.8 Å². The Morgan fingerprint density at radius 1 is 1.38 bits per heavy atom. The number of hydrogen-bond acceptors (Lipinski definition) is 6. The van der Waals surface area contributed by atoms with Crippen LogP contribution in [-0.2, 0) is 4.79 Å². The minimum Gasteiger partial charge on any atom is -0.335 e. The van der Waals surface area contributed by atoms with E-state index in [9.17, 15) is 19.3 Å². The third-order valence-electron chi connectivity index (χ3n) is 4.54. The van der Waals surface area contributed by atoms with Crippen molar-refractivity contribution in [1.29, 1.82) is 0 Å². The van der Waals surface area contributed by atoms with Crippen LogP contribution in [0.5, 0.6) is 0 Å². The normalized spacial score (nSPS) is 14.9. The second kappa shape index (κ2) is 11.0. The van der Waals surface area contributed by atoms with Crippen molar-refractivity contribution >= 4 is 51.4 Å². The number of amides is 1. The van der Waals surface area contributed by atoms with Gasteiger partial charge in [-0.1, -0.05) is 22.6 Å². The highest BCUT2D eigenvalue weighted by Gasteiger charge is 2.24. The van der Waals surface area contributed by atoms with Gasteiger partial charge in [-0.2, -0.15) is 0 Å². The molecule has 0 bridgehead atoms. The number of piperidine rings is 1. The van der Waals surface area contributed by atoms with Gasteiger partial charge in [0, 0.05) is 19.0 Å². The number of carbonyl (C=O) groups is 1. The lowest BCUT2D eigenvalue weighted by Gasteiger charge is -2.28. The average molecular weight is 516 g/mol. The number of pyridine rings is 1. The third-order valence-corrected chi connectivity index (χ3v) is 4.54. The summed E-state index contributed by atoms with van der Waals surface area (Å²) in [6.45, 7) is 1.72. The van der Waals surface area contributed by atoms with Crippen LogP contribution in [0.1, 0.15) is 14.2 Å². The number of aromatic nitrogens is 1.